The van der Waals surface area contributed by atoms with E-state index in [1.54, 1.807) is 54.6 Å². The van der Waals surface area contributed by atoms with Gasteiger partial charge in [0.15, 0.2) is 23.3 Å². The lowest BCUT2D eigenvalue weighted by atomic mass is 10.2. The zero-order valence-electron chi connectivity index (χ0n) is 24.9. The van der Waals surface area contributed by atoms with Gasteiger partial charge in [-0.15, -0.1) is 5.10 Å². The summed E-state index contributed by atoms with van der Waals surface area (Å²) >= 11 is 1.11. The third-order valence-electron chi connectivity index (χ3n) is 6.45. The zero-order chi connectivity index (χ0) is 33.4. The fourth-order valence-corrected chi connectivity index (χ4v) is 5.69. The van der Waals surface area contributed by atoms with Gasteiger partial charge in [0, 0.05) is 11.3 Å². The summed E-state index contributed by atoms with van der Waals surface area (Å²) in [5.41, 5.74) is 1.54. The van der Waals surface area contributed by atoms with E-state index in [1.807, 2.05) is 6.92 Å². The molecule has 15 heteroatoms. The highest BCUT2D eigenvalue weighted by molar-refractivity contribution is 8.18. The minimum atomic E-state index is -3.86. The summed E-state index contributed by atoms with van der Waals surface area (Å²) in [6.07, 6.45) is 4.64. The second-order valence-electron chi connectivity index (χ2n) is 9.81. The number of benzene rings is 3. The van der Waals surface area contributed by atoms with Crippen molar-refractivity contribution in [3.8, 4) is 17.2 Å². The molecule has 0 unspecified atom stereocenters. The zero-order valence-corrected chi connectivity index (χ0v) is 26.5. The molecule has 0 aliphatic carbocycles. The topological polar surface area (TPSA) is 186 Å². The number of hydrogen-bond donors (Lipinski definition) is 3. The highest BCUT2D eigenvalue weighted by Crippen LogP contribution is 2.35. The molecular formula is C32H29N5O8S2. The fraction of sp³-hybridized carbons (Fsp3) is 0.125. The van der Waals surface area contributed by atoms with Crippen LogP contribution in [0.2, 0.25) is 0 Å². The number of phenolic OH excluding ortho intramolecular Hbond substituents is 1. The Bertz CT molecular complexity index is 1960. The fourth-order valence-electron chi connectivity index (χ4n) is 4.25. The number of nitrogens with zero attached hydrogens (tertiary/aromatic N) is 3. The van der Waals surface area contributed by atoms with E-state index < -0.39 is 15.9 Å². The number of anilines is 1. The molecule has 1 aromatic heterocycles. The van der Waals surface area contributed by atoms with Gasteiger partial charge in [0.05, 0.1) is 35.4 Å². The van der Waals surface area contributed by atoms with Gasteiger partial charge in [-0.1, -0.05) is 18.2 Å². The monoisotopic (exact) mass is 675 g/mol. The quantitative estimate of drug-likeness (QED) is 0.110. The maximum absolute atomic E-state index is 13.6. The lowest BCUT2D eigenvalue weighted by Gasteiger charge is -2.12. The Labute approximate surface area is 274 Å². The largest absolute Gasteiger partial charge is 0.504 e. The van der Waals surface area contributed by atoms with Crippen LogP contribution in [0.15, 0.2) is 110 Å². The number of nitrogens with one attached hydrogen (secondary N) is 1. The summed E-state index contributed by atoms with van der Waals surface area (Å²) in [4.78, 5) is 27.8. The van der Waals surface area contributed by atoms with E-state index in [1.165, 1.54) is 47.7 Å². The molecule has 47 heavy (non-hydrogen) atoms. The number of para-hydroxylation sites is 1. The molecule has 242 valence electrons. The summed E-state index contributed by atoms with van der Waals surface area (Å²) in [5.74, 6) is 0.405. The van der Waals surface area contributed by atoms with Crippen LogP contribution in [0, 0.1) is 0 Å². The molecule has 4 N–H and O–H groups in total. The molecule has 0 atom stereocenters. The Kier molecular flexibility index (Phi) is 10.4. The van der Waals surface area contributed by atoms with E-state index in [-0.39, 0.29) is 29.7 Å². The number of hydrogen-bond acceptors (Lipinski definition) is 11. The Hall–Kier alpha value is -5.38. The molecule has 0 bridgehead atoms. The summed E-state index contributed by atoms with van der Waals surface area (Å²) < 4.78 is 39.6. The van der Waals surface area contributed by atoms with Gasteiger partial charge in [-0.2, -0.15) is 5.10 Å². The van der Waals surface area contributed by atoms with E-state index in [0.29, 0.717) is 50.8 Å². The normalized spacial score (nSPS) is 15.1. The number of furan rings is 1. The number of nitrogens with two attached hydrogens (primary N) is 1. The number of ether oxygens (including phenoxy) is 2. The second kappa shape index (κ2) is 14.8. The molecular weight excluding hydrogens is 647 g/mol. The first kappa shape index (κ1) is 33.0. The van der Waals surface area contributed by atoms with Gasteiger partial charge in [0.2, 0.25) is 10.0 Å². The van der Waals surface area contributed by atoms with Crippen LogP contribution in [-0.2, 0) is 26.2 Å². The second-order valence-corrected chi connectivity index (χ2v) is 12.4. The number of amidine groups is 1. The predicted molar refractivity (Wildman–Crippen MR) is 178 cm³/mol. The van der Waals surface area contributed by atoms with Gasteiger partial charge in [-0.05, 0) is 91.0 Å². The molecule has 13 nitrogen and oxygen atoms in total. The van der Waals surface area contributed by atoms with E-state index >= 15 is 0 Å². The summed E-state index contributed by atoms with van der Waals surface area (Å²) in [7, 11) is -3.86. The first-order valence-electron chi connectivity index (χ1n) is 14.1. The predicted octanol–water partition coefficient (Wildman–Crippen LogP) is 4.56. The minimum Gasteiger partial charge on any atom is -0.504 e. The molecule has 4 aromatic rings. The average molecular weight is 676 g/mol. The first-order chi connectivity index (χ1) is 22.6. The molecule has 2 amide bonds. The lowest BCUT2D eigenvalue weighted by molar-refractivity contribution is -0.122. The van der Waals surface area contributed by atoms with Gasteiger partial charge in [-0.25, -0.2) is 13.6 Å². The molecule has 0 spiro atoms. The van der Waals surface area contributed by atoms with Crippen molar-refractivity contribution in [2.75, 3.05) is 18.5 Å². The number of phenols is 1. The molecule has 0 saturated carbocycles. The van der Waals surface area contributed by atoms with E-state index in [2.05, 4.69) is 15.5 Å². The summed E-state index contributed by atoms with van der Waals surface area (Å²) in [5, 5.41) is 26.5. The third-order valence-corrected chi connectivity index (χ3v) is 8.37. The van der Waals surface area contributed by atoms with Crippen LogP contribution in [-0.4, -0.2) is 54.8 Å². The number of carbonyl (C=O) groups is 2. The van der Waals surface area contributed by atoms with Gasteiger partial charge in [-0.3, -0.25) is 14.5 Å². The van der Waals surface area contributed by atoms with Crippen molar-refractivity contribution < 1.29 is 37.0 Å². The summed E-state index contributed by atoms with van der Waals surface area (Å²) in [6.45, 7) is 1.96. The number of amides is 2. The van der Waals surface area contributed by atoms with Crippen LogP contribution in [0.5, 0.6) is 17.2 Å². The Morgan fingerprint density at radius 1 is 1.06 bits per heavy atom. The van der Waals surface area contributed by atoms with Crippen molar-refractivity contribution in [2.45, 2.75) is 18.4 Å². The Morgan fingerprint density at radius 2 is 1.85 bits per heavy atom. The van der Waals surface area contributed by atoms with Gasteiger partial charge >= 0.3 is 0 Å². The molecule has 2 heterocycles. The van der Waals surface area contributed by atoms with Crippen molar-refractivity contribution in [2.24, 2.45) is 15.3 Å². The van der Waals surface area contributed by atoms with Crippen LogP contribution in [0.4, 0.5) is 5.69 Å². The molecule has 0 radical (unpaired) electrons. The number of rotatable bonds is 12. The van der Waals surface area contributed by atoms with Crippen LogP contribution in [0.1, 0.15) is 23.8 Å². The smallest absolute Gasteiger partial charge is 0.267 e. The van der Waals surface area contributed by atoms with E-state index in [4.69, 9.17) is 19.0 Å². The number of primary sulfonamides is 1. The average Bonchev–Trinajstić information content (AvgIpc) is 3.66. The van der Waals surface area contributed by atoms with Crippen molar-refractivity contribution in [3.05, 3.63) is 107 Å². The standard InChI is InChI=1S/C32H29N5O8S2/c1-2-43-28-16-21(9-14-26(28)38)18-34-36-32-37(19-24-7-5-15-44-24)31(40)29(46-32)17-22-6-3-4-8-27(22)45-20-30(39)35-23-10-12-25(13-11-23)47(33,41)42/h3-18,38H,2,19-20H2,1H3,(H,35,39)(H2,33,41,42)/b29-17-,34-18+,36-32-. The number of aromatic hydroxyl groups is 1. The van der Waals surface area contributed by atoms with Crippen LogP contribution in [0.25, 0.3) is 6.08 Å². The van der Waals surface area contributed by atoms with Gasteiger partial charge < -0.3 is 24.3 Å². The van der Waals surface area contributed by atoms with Crippen LogP contribution < -0.4 is 19.9 Å². The van der Waals surface area contributed by atoms with Gasteiger partial charge in [0.1, 0.15) is 11.5 Å². The number of thioether (sulfide) groups is 1. The maximum Gasteiger partial charge on any atom is 0.267 e. The van der Waals surface area contributed by atoms with Gasteiger partial charge in [0.25, 0.3) is 11.8 Å². The number of carbonyl (C=O) groups excluding carboxylic acids is 2. The van der Waals surface area contributed by atoms with E-state index in [0.717, 1.165) is 11.8 Å². The Balaban J connectivity index is 1.32. The summed E-state index contributed by atoms with van der Waals surface area (Å²) in [6, 6.07) is 20.6. The highest BCUT2D eigenvalue weighted by atomic mass is 32.2. The highest BCUT2D eigenvalue weighted by Gasteiger charge is 2.34. The van der Waals surface area contributed by atoms with Crippen LogP contribution >= 0.6 is 11.8 Å². The molecule has 3 aromatic carbocycles. The molecule has 1 saturated heterocycles. The van der Waals surface area contributed by atoms with Crippen molar-refractivity contribution in [3.63, 3.8) is 0 Å². The number of sulfonamides is 1. The lowest BCUT2D eigenvalue weighted by Crippen LogP contribution is -2.28. The SMILES string of the molecule is CCOc1cc(/C=N/N=C2\S/C(=C\c3ccccc3OCC(=O)Nc3ccc(S(N)(=O)=O)cc3)C(=O)N2Cc2ccco2)ccc1O. The van der Waals surface area contributed by atoms with Crippen LogP contribution in [0.3, 0.4) is 0 Å². The molecule has 5 rings (SSSR count). The molecule has 1 aliphatic rings. The molecule has 1 aliphatic heterocycles. The van der Waals surface area contributed by atoms with E-state index in [9.17, 15) is 23.1 Å². The van der Waals surface area contributed by atoms with Crippen molar-refractivity contribution in [1.82, 2.24) is 4.90 Å². The Morgan fingerprint density at radius 3 is 2.57 bits per heavy atom. The maximum atomic E-state index is 13.6. The minimum absolute atomic E-state index is 0.00805. The first-order valence-corrected chi connectivity index (χ1v) is 16.4. The van der Waals surface area contributed by atoms with Crippen molar-refractivity contribution in [1.29, 1.82) is 0 Å². The molecule has 1 fully saturated rings. The third kappa shape index (κ3) is 8.66. The van der Waals surface area contributed by atoms with Crippen molar-refractivity contribution >= 4 is 56.7 Å².